The lowest BCUT2D eigenvalue weighted by Gasteiger charge is -2.14. The van der Waals surface area contributed by atoms with Gasteiger partial charge in [0.1, 0.15) is 11.2 Å². The number of fused-ring (bicyclic) bond motifs is 16. The van der Waals surface area contributed by atoms with Gasteiger partial charge in [-0.25, -0.2) is 0 Å². The number of furan rings is 1. The maximum absolute atomic E-state index is 6.99. The summed E-state index contributed by atoms with van der Waals surface area (Å²) >= 11 is 0. The predicted octanol–water partition coefficient (Wildman–Crippen LogP) is 16.6. The Morgan fingerprint density at radius 3 is 1.59 bits per heavy atom. The monoisotopic (exact) mass is 800 g/mol. The Morgan fingerprint density at radius 1 is 0.286 bits per heavy atom. The summed E-state index contributed by atoms with van der Waals surface area (Å²) in [5, 5.41) is 14.6. The van der Waals surface area contributed by atoms with Crippen LogP contribution in [0.2, 0.25) is 0 Å². The molecule has 0 atom stereocenters. The highest BCUT2D eigenvalue weighted by Crippen LogP contribution is 2.45. The van der Waals surface area contributed by atoms with Crippen LogP contribution in [0.4, 0.5) is 0 Å². The fraction of sp³-hybridized carbons (Fsp3) is 0. The van der Waals surface area contributed by atoms with Crippen molar-refractivity contribution in [1.29, 1.82) is 0 Å². The first-order valence-electron chi connectivity index (χ1n) is 21.7. The summed E-state index contributed by atoms with van der Waals surface area (Å²) < 4.78 is 11.8. The first kappa shape index (κ1) is 34.3. The van der Waals surface area contributed by atoms with Crippen LogP contribution in [0.1, 0.15) is 0 Å². The molecule has 63 heavy (non-hydrogen) atoms. The fourth-order valence-electron chi connectivity index (χ4n) is 10.7. The summed E-state index contributed by atoms with van der Waals surface area (Å²) in [6, 6.07) is 79.7. The van der Waals surface area contributed by atoms with Crippen LogP contribution >= 0.6 is 0 Å². The summed E-state index contributed by atoms with van der Waals surface area (Å²) in [4.78, 5) is 0. The summed E-state index contributed by atoms with van der Waals surface area (Å²) in [7, 11) is 0. The van der Waals surface area contributed by atoms with Crippen molar-refractivity contribution in [3.05, 3.63) is 218 Å². The van der Waals surface area contributed by atoms with Gasteiger partial charge in [0, 0.05) is 43.9 Å². The minimum Gasteiger partial charge on any atom is -0.455 e. The highest BCUT2D eigenvalue weighted by atomic mass is 16.3. The highest BCUT2D eigenvalue weighted by molar-refractivity contribution is 6.27. The van der Waals surface area contributed by atoms with Crippen molar-refractivity contribution < 1.29 is 4.42 Å². The zero-order valence-corrected chi connectivity index (χ0v) is 34.1. The zero-order valence-electron chi connectivity index (χ0n) is 34.1. The molecule has 0 aliphatic carbocycles. The van der Waals surface area contributed by atoms with Crippen molar-refractivity contribution in [3.63, 3.8) is 0 Å². The highest BCUT2D eigenvalue weighted by Gasteiger charge is 2.22. The molecule has 0 bridgehead atoms. The minimum atomic E-state index is 0.876. The van der Waals surface area contributed by atoms with Crippen LogP contribution in [0.15, 0.2) is 223 Å². The van der Waals surface area contributed by atoms with E-state index in [1.165, 1.54) is 76.2 Å². The average molecular weight is 801 g/mol. The quantitative estimate of drug-likeness (QED) is 0.163. The Labute approximate surface area is 361 Å². The Bertz CT molecular complexity index is 4150. The van der Waals surface area contributed by atoms with Crippen molar-refractivity contribution in [2.45, 2.75) is 0 Å². The number of rotatable bonds is 4. The molecule has 0 aliphatic heterocycles. The van der Waals surface area contributed by atoms with Crippen LogP contribution in [-0.2, 0) is 0 Å². The van der Waals surface area contributed by atoms with E-state index in [-0.39, 0.29) is 0 Å². The van der Waals surface area contributed by atoms with E-state index in [4.69, 9.17) is 4.42 Å². The molecule has 3 aromatic heterocycles. The molecule has 3 heterocycles. The molecule has 14 aromatic rings. The van der Waals surface area contributed by atoms with E-state index in [0.29, 0.717) is 0 Å². The molecule has 0 amide bonds. The standard InChI is InChI=1S/C60H36N2O/c1-3-15-37(16-4-1)39-34-50(59-53(35-39)47-23-11-13-25-54(47)62(59)40-17-5-2-6-18-40)38-27-32-57-52(33-38)48-30-31-56-58(60(48)63-57)49-24-12-14-26-55(49)61(56)41-28-29-46-44-21-8-7-19-42(44)43-20-9-10-22-45(43)51(46)36-41/h1-36H. The molecule has 11 aromatic carbocycles. The van der Waals surface area contributed by atoms with Gasteiger partial charge in [-0.2, -0.15) is 0 Å². The minimum absolute atomic E-state index is 0.876. The molecule has 292 valence electrons. The molecule has 0 unspecified atom stereocenters. The van der Waals surface area contributed by atoms with Gasteiger partial charge in [-0.3, -0.25) is 0 Å². The Morgan fingerprint density at radius 2 is 0.857 bits per heavy atom. The molecular weight excluding hydrogens is 765 g/mol. The van der Waals surface area contributed by atoms with Gasteiger partial charge in [0.2, 0.25) is 0 Å². The lowest BCUT2D eigenvalue weighted by molar-refractivity contribution is 0.673. The van der Waals surface area contributed by atoms with Crippen molar-refractivity contribution >= 4 is 97.9 Å². The lowest BCUT2D eigenvalue weighted by atomic mass is 9.94. The van der Waals surface area contributed by atoms with Crippen LogP contribution in [-0.4, -0.2) is 9.13 Å². The van der Waals surface area contributed by atoms with Crippen LogP contribution in [0.25, 0.3) is 131 Å². The molecular formula is C60H36N2O. The lowest BCUT2D eigenvalue weighted by Crippen LogP contribution is -1.95. The van der Waals surface area contributed by atoms with E-state index in [0.717, 1.165) is 55.3 Å². The predicted molar refractivity (Wildman–Crippen MR) is 266 cm³/mol. The van der Waals surface area contributed by atoms with Crippen molar-refractivity contribution in [2.75, 3.05) is 0 Å². The maximum Gasteiger partial charge on any atom is 0.145 e. The van der Waals surface area contributed by atoms with Gasteiger partial charge in [0.15, 0.2) is 0 Å². The summed E-state index contributed by atoms with van der Waals surface area (Å²) in [6.07, 6.45) is 0. The van der Waals surface area contributed by atoms with E-state index in [9.17, 15) is 0 Å². The third kappa shape index (κ3) is 4.90. The second-order valence-corrected chi connectivity index (χ2v) is 16.8. The van der Waals surface area contributed by atoms with Crippen LogP contribution < -0.4 is 0 Å². The van der Waals surface area contributed by atoms with Crippen LogP contribution in [0.3, 0.4) is 0 Å². The van der Waals surface area contributed by atoms with Crippen molar-refractivity contribution in [2.24, 2.45) is 0 Å². The second-order valence-electron chi connectivity index (χ2n) is 16.8. The molecule has 0 aliphatic rings. The Kier molecular flexibility index (Phi) is 7.11. The van der Waals surface area contributed by atoms with E-state index in [2.05, 4.69) is 228 Å². The van der Waals surface area contributed by atoms with Crippen molar-refractivity contribution in [3.8, 4) is 33.6 Å². The van der Waals surface area contributed by atoms with Gasteiger partial charge < -0.3 is 13.6 Å². The zero-order chi connectivity index (χ0) is 41.2. The smallest absolute Gasteiger partial charge is 0.145 e. The van der Waals surface area contributed by atoms with Gasteiger partial charge in [-0.15, -0.1) is 0 Å². The molecule has 0 saturated heterocycles. The first-order chi connectivity index (χ1) is 31.3. The first-order valence-corrected chi connectivity index (χ1v) is 21.7. The van der Waals surface area contributed by atoms with Gasteiger partial charge in [0.25, 0.3) is 0 Å². The van der Waals surface area contributed by atoms with E-state index >= 15 is 0 Å². The number of benzene rings is 11. The Balaban J connectivity index is 1.02. The number of aromatic nitrogens is 2. The third-order valence-corrected chi connectivity index (χ3v) is 13.5. The molecule has 0 saturated carbocycles. The molecule has 14 rings (SSSR count). The van der Waals surface area contributed by atoms with Gasteiger partial charge >= 0.3 is 0 Å². The average Bonchev–Trinajstić information content (AvgIpc) is 4.02. The molecule has 0 spiro atoms. The summed E-state index contributed by atoms with van der Waals surface area (Å²) in [6.45, 7) is 0. The Hall–Kier alpha value is -8.40. The molecule has 0 fully saturated rings. The topological polar surface area (TPSA) is 23.0 Å². The number of hydrogen-bond donors (Lipinski definition) is 0. The summed E-state index contributed by atoms with van der Waals surface area (Å²) in [5.74, 6) is 0. The van der Waals surface area contributed by atoms with Gasteiger partial charge in [0.05, 0.1) is 27.5 Å². The normalized spacial score (nSPS) is 12.1. The maximum atomic E-state index is 6.99. The molecule has 3 heteroatoms. The number of nitrogens with zero attached hydrogens (tertiary/aromatic N) is 2. The van der Waals surface area contributed by atoms with Crippen molar-refractivity contribution in [1.82, 2.24) is 9.13 Å². The van der Waals surface area contributed by atoms with Gasteiger partial charge in [-0.05, 0) is 122 Å². The summed E-state index contributed by atoms with van der Waals surface area (Å²) in [5.41, 5.74) is 13.4. The molecule has 3 nitrogen and oxygen atoms in total. The van der Waals surface area contributed by atoms with E-state index in [1.807, 2.05) is 0 Å². The fourth-order valence-corrected chi connectivity index (χ4v) is 10.7. The SMILES string of the molecule is c1ccc(-c2cc(-c3ccc4oc5c(ccc6c5c5ccccc5n6-c5ccc6c7ccccc7c7ccccc7c6c5)c4c3)c3c(c2)c2ccccc2n3-c2ccccc2)cc1. The van der Waals surface area contributed by atoms with Crippen LogP contribution in [0, 0.1) is 0 Å². The molecule has 0 radical (unpaired) electrons. The molecule has 0 N–H and O–H groups in total. The largest absolute Gasteiger partial charge is 0.455 e. The van der Waals surface area contributed by atoms with E-state index in [1.54, 1.807) is 0 Å². The van der Waals surface area contributed by atoms with E-state index < -0.39 is 0 Å². The number of para-hydroxylation sites is 3. The third-order valence-electron chi connectivity index (χ3n) is 13.5. The van der Waals surface area contributed by atoms with Crippen LogP contribution in [0.5, 0.6) is 0 Å². The number of hydrogen-bond acceptors (Lipinski definition) is 1. The van der Waals surface area contributed by atoms with Gasteiger partial charge in [-0.1, -0.05) is 146 Å². The second kappa shape index (κ2) is 13.1.